The van der Waals surface area contributed by atoms with Crippen LogP contribution in [-0.4, -0.2) is 26.8 Å². The lowest BCUT2D eigenvalue weighted by Gasteiger charge is -2.28. The van der Waals surface area contributed by atoms with E-state index in [9.17, 15) is 0 Å². The summed E-state index contributed by atoms with van der Waals surface area (Å²) in [5, 5.41) is 8.47. The fourth-order valence-corrected chi connectivity index (χ4v) is 2.81. The van der Waals surface area contributed by atoms with E-state index in [2.05, 4.69) is 15.4 Å². The number of nitrogens with one attached hydrogen (secondary N) is 1. The first-order chi connectivity index (χ1) is 9.72. The lowest BCUT2D eigenvalue weighted by molar-refractivity contribution is 0.411. The van der Waals surface area contributed by atoms with Crippen molar-refractivity contribution in [2.24, 2.45) is 5.73 Å². The summed E-state index contributed by atoms with van der Waals surface area (Å²) in [6.07, 6.45) is 7.52. The van der Waals surface area contributed by atoms with E-state index in [-0.39, 0.29) is 0 Å². The van der Waals surface area contributed by atoms with Crippen LogP contribution in [0.15, 0.2) is 30.9 Å². The molecule has 1 aromatic carbocycles. The average molecular weight is 292 g/mol. The van der Waals surface area contributed by atoms with Crippen molar-refractivity contribution in [3.05, 3.63) is 35.9 Å². The maximum absolute atomic E-state index is 6.11. The Morgan fingerprint density at radius 3 is 2.75 bits per heavy atom. The van der Waals surface area contributed by atoms with Gasteiger partial charge < -0.3 is 11.1 Å². The molecule has 0 saturated heterocycles. The normalized spacial score (nSPS) is 22.7. The van der Waals surface area contributed by atoms with Crippen molar-refractivity contribution >= 4 is 17.3 Å². The van der Waals surface area contributed by atoms with Gasteiger partial charge in [0.05, 0.1) is 11.4 Å². The minimum Gasteiger partial charge on any atom is -0.381 e. The Morgan fingerprint density at radius 1 is 1.25 bits per heavy atom. The van der Waals surface area contributed by atoms with Crippen LogP contribution in [0.25, 0.3) is 5.69 Å². The topological polar surface area (TPSA) is 68.8 Å². The van der Waals surface area contributed by atoms with Gasteiger partial charge in [-0.15, -0.1) is 0 Å². The van der Waals surface area contributed by atoms with Crippen LogP contribution in [0.1, 0.15) is 25.7 Å². The zero-order valence-electron chi connectivity index (χ0n) is 11.2. The first-order valence-corrected chi connectivity index (χ1v) is 7.27. The Balaban J connectivity index is 1.83. The molecule has 3 rings (SSSR count). The van der Waals surface area contributed by atoms with E-state index in [1.54, 1.807) is 11.0 Å². The van der Waals surface area contributed by atoms with Crippen molar-refractivity contribution in [2.45, 2.75) is 37.8 Å². The molecule has 20 heavy (non-hydrogen) atoms. The molecule has 0 aliphatic heterocycles. The number of aromatic nitrogens is 3. The molecule has 6 heteroatoms. The molecule has 1 aliphatic rings. The van der Waals surface area contributed by atoms with Crippen molar-refractivity contribution < 1.29 is 0 Å². The third-order valence-corrected chi connectivity index (χ3v) is 3.99. The molecule has 0 bridgehead atoms. The molecular weight excluding hydrogens is 274 g/mol. The highest BCUT2D eigenvalue weighted by atomic mass is 35.5. The van der Waals surface area contributed by atoms with Gasteiger partial charge in [0, 0.05) is 17.1 Å². The average Bonchev–Trinajstić information content (AvgIpc) is 2.95. The lowest BCUT2D eigenvalue weighted by Crippen LogP contribution is -2.33. The number of hydrogen-bond acceptors (Lipinski definition) is 4. The van der Waals surface area contributed by atoms with Crippen LogP contribution < -0.4 is 11.1 Å². The van der Waals surface area contributed by atoms with E-state index >= 15 is 0 Å². The number of benzene rings is 1. The van der Waals surface area contributed by atoms with E-state index in [0.717, 1.165) is 37.1 Å². The van der Waals surface area contributed by atoms with Gasteiger partial charge >= 0.3 is 0 Å². The van der Waals surface area contributed by atoms with Crippen LogP contribution in [-0.2, 0) is 0 Å². The van der Waals surface area contributed by atoms with Crippen molar-refractivity contribution in [1.29, 1.82) is 0 Å². The zero-order chi connectivity index (χ0) is 13.9. The van der Waals surface area contributed by atoms with Gasteiger partial charge in [0.1, 0.15) is 12.7 Å². The minimum atomic E-state index is 0.349. The summed E-state index contributed by atoms with van der Waals surface area (Å²) < 4.78 is 1.74. The number of anilines is 1. The summed E-state index contributed by atoms with van der Waals surface area (Å²) in [7, 11) is 0. The molecule has 0 amide bonds. The monoisotopic (exact) mass is 291 g/mol. The number of rotatable bonds is 3. The highest BCUT2D eigenvalue weighted by molar-refractivity contribution is 6.31. The van der Waals surface area contributed by atoms with Crippen molar-refractivity contribution in [3.63, 3.8) is 0 Å². The smallest absolute Gasteiger partial charge is 0.138 e. The molecule has 3 N–H and O–H groups in total. The number of nitrogens with zero attached hydrogens (tertiary/aromatic N) is 3. The maximum atomic E-state index is 6.11. The predicted molar refractivity (Wildman–Crippen MR) is 80.2 cm³/mol. The Hall–Kier alpha value is -1.59. The summed E-state index contributed by atoms with van der Waals surface area (Å²) in [5.74, 6) is 0. The van der Waals surface area contributed by atoms with Crippen LogP contribution in [0, 0.1) is 0 Å². The standard InChI is InChI=1S/C14H18ClN5/c15-10-1-6-14(20-9-17-8-18-20)13(7-10)19-12-4-2-11(16)3-5-12/h1,6-9,11-12,19H,2-5,16H2. The Morgan fingerprint density at radius 2 is 2.05 bits per heavy atom. The molecule has 1 aliphatic carbocycles. The largest absolute Gasteiger partial charge is 0.381 e. The van der Waals surface area contributed by atoms with E-state index in [1.165, 1.54) is 6.33 Å². The van der Waals surface area contributed by atoms with Gasteiger partial charge in [-0.1, -0.05) is 11.6 Å². The summed E-state index contributed by atoms with van der Waals surface area (Å²) >= 11 is 6.11. The third kappa shape index (κ3) is 2.94. The van der Waals surface area contributed by atoms with Gasteiger partial charge in [-0.05, 0) is 43.9 Å². The van der Waals surface area contributed by atoms with Gasteiger partial charge in [0.25, 0.3) is 0 Å². The van der Waals surface area contributed by atoms with Crippen LogP contribution in [0.5, 0.6) is 0 Å². The van der Waals surface area contributed by atoms with E-state index < -0.39 is 0 Å². The molecule has 1 fully saturated rings. The molecule has 0 radical (unpaired) electrons. The van der Waals surface area contributed by atoms with Gasteiger partial charge in [-0.2, -0.15) is 5.10 Å². The van der Waals surface area contributed by atoms with Gasteiger partial charge in [-0.25, -0.2) is 9.67 Å². The number of nitrogens with two attached hydrogens (primary N) is 1. The van der Waals surface area contributed by atoms with Gasteiger partial charge in [0.2, 0.25) is 0 Å². The molecule has 1 saturated carbocycles. The van der Waals surface area contributed by atoms with E-state index in [1.807, 2.05) is 18.2 Å². The van der Waals surface area contributed by atoms with Crippen molar-refractivity contribution in [1.82, 2.24) is 14.8 Å². The highest BCUT2D eigenvalue weighted by Gasteiger charge is 2.19. The molecule has 1 aromatic heterocycles. The second-order valence-electron chi connectivity index (χ2n) is 5.26. The first kappa shape index (κ1) is 13.4. The van der Waals surface area contributed by atoms with Crippen LogP contribution in [0.3, 0.4) is 0 Å². The number of halogens is 1. The van der Waals surface area contributed by atoms with Gasteiger partial charge in [0.15, 0.2) is 0 Å². The molecule has 0 unspecified atom stereocenters. The molecule has 2 aromatic rings. The summed E-state index contributed by atoms with van der Waals surface area (Å²) in [5.41, 5.74) is 7.90. The Bertz CT molecular complexity index is 561. The predicted octanol–water partition coefficient (Wildman–Crippen LogP) is 2.60. The van der Waals surface area contributed by atoms with Gasteiger partial charge in [-0.3, -0.25) is 0 Å². The van der Waals surface area contributed by atoms with Crippen LogP contribution in [0.2, 0.25) is 5.02 Å². The van der Waals surface area contributed by atoms with E-state index in [4.69, 9.17) is 17.3 Å². The molecule has 5 nitrogen and oxygen atoms in total. The minimum absolute atomic E-state index is 0.349. The zero-order valence-corrected chi connectivity index (χ0v) is 11.9. The summed E-state index contributed by atoms with van der Waals surface area (Å²) in [6, 6.07) is 6.54. The van der Waals surface area contributed by atoms with Crippen LogP contribution in [0.4, 0.5) is 5.69 Å². The SMILES string of the molecule is NC1CCC(Nc2cc(Cl)ccc2-n2cncn2)CC1. The third-order valence-electron chi connectivity index (χ3n) is 3.76. The molecule has 0 atom stereocenters. The summed E-state index contributed by atoms with van der Waals surface area (Å²) in [4.78, 5) is 3.99. The fraction of sp³-hybridized carbons (Fsp3) is 0.429. The Kier molecular flexibility index (Phi) is 3.89. The molecule has 1 heterocycles. The lowest BCUT2D eigenvalue weighted by atomic mass is 9.91. The first-order valence-electron chi connectivity index (χ1n) is 6.89. The summed E-state index contributed by atoms with van der Waals surface area (Å²) in [6.45, 7) is 0. The van der Waals surface area contributed by atoms with Crippen molar-refractivity contribution in [3.8, 4) is 5.69 Å². The number of hydrogen-bond donors (Lipinski definition) is 2. The molecule has 106 valence electrons. The maximum Gasteiger partial charge on any atom is 0.138 e. The molecular formula is C14H18ClN5. The highest BCUT2D eigenvalue weighted by Crippen LogP contribution is 2.27. The molecule has 0 spiro atoms. The fourth-order valence-electron chi connectivity index (χ4n) is 2.64. The second-order valence-corrected chi connectivity index (χ2v) is 5.69. The van der Waals surface area contributed by atoms with Crippen LogP contribution >= 0.6 is 11.6 Å². The van der Waals surface area contributed by atoms with Crippen molar-refractivity contribution in [2.75, 3.05) is 5.32 Å². The second kappa shape index (κ2) is 5.81. The Labute approximate surface area is 123 Å². The van der Waals surface area contributed by atoms with E-state index in [0.29, 0.717) is 17.1 Å². The quantitative estimate of drug-likeness (QED) is 0.912.